The molecule has 5 atom stereocenters. The number of amides is 3. The predicted molar refractivity (Wildman–Crippen MR) is 138 cm³/mol. The van der Waals surface area contributed by atoms with Crippen molar-refractivity contribution in [3.8, 4) is 0 Å². The monoisotopic (exact) mass is 522 g/mol. The number of carbonyl (C=O) groups excluding carboxylic acids is 4. The second-order valence-corrected chi connectivity index (χ2v) is 10.2. The van der Waals surface area contributed by atoms with Gasteiger partial charge in [-0.05, 0) is 50.5 Å². The molecule has 0 aliphatic carbocycles. The summed E-state index contributed by atoms with van der Waals surface area (Å²) in [6.07, 6.45) is 5.93. The number of cyclic esters (lactones) is 1. The van der Waals surface area contributed by atoms with Gasteiger partial charge in [0.25, 0.3) is 5.91 Å². The molecule has 10 heteroatoms. The van der Waals surface area contributed by atoms with Crippen LogP contribution in [0.2, 0.25) is 0 Å². The second-order valence-electron chi connectivity index (χ2n) is 10.2. The molecule has 1 aromatic heterocycles. The summed E-state index contributed by atoms with van der Waals surface area (Å²) in [5.74, 6) is -1.40. The van der Waals surface area contributed by atoms with Crippen molar-refractivity contribution < 1.29 is 28.7 Å². The van der Waals surface area contributed by atoms with Crippen LogP contribution in [-0.2, 0) is 23.9 Å². The summed E-state index contributed by atoms with van der Waals surface area (Å²) in [7, 11) is 0. The van der Waals surface area contributed by atoms with Crippen molar-refractivity contribution in [2.24, 2.45) is 0 Å². The maximum atomic E-state index is 13.9. The maximum Gasteiger partial charge on any atom is 0.310 e. The smallest absolute Gasteiger partial charge is 0.310 e. The zero-order chi connectivity index (χ0) is 26.6. The van der Waals surface area contributed by atoms with Gasteiger partial charge in [0.2, 0.25) is 18.1 Å². The molecule has 2 unspecified atom stereocenters. The Morgan fingerprint density at radius 3 is 2.68 bits per heavy atom. The van der Waals surface area contributed by atoms with Gasteiger partial charge >= 0.3 is 5.97 Å². The van der Waals surface area contributed by atoms with Gasteiger partial charge in [0.15, 0.2) is 0 Å². The normalized spacial score (nSPS) is 27.7. The minimum absolute atomic E-state index is 0.0250. The molecule has 10 nitrogen and oxygen atoms in total. The molecule has 1 aromatic carbocycles. The lowest BCUT2D eigenvalue weighted by Crippen LogP contribution is -2.62. The van der Waals surface area contributed by atoms with E-state index in [4.69, 9.17) is 9.47 Å². The average Bonchev–Trinajstić information content (AvgIpc) is 3.26. The molecule has 5 rings (SSSR count). The van der Waals surface area contributed by atoms with E-state index in [2.05, 4.69) is 15.6 Å². The number of pyridine rings is 1. The van der Waals surface area contributed by atoms with Crippen molar-refractivity contribution in [3.05, 3.63) is 42.2 Å². The summed E-state index contributed by atoms with van der Waals surface area (Å²) in [6, 6.07) is 7.21. The van der Waals surface area contributed by atoms with Crippen LogP contribution >= 0.6 is 0 Å². The Hall–Kier alpha value is -3.53. The zero-order valence-corrected chi connectivity index (χ0v) is 21.6. The first kappa shape index (κ1) is 26.1. The van der Waals surface area contributed by atoms with Gasteiger partial charge in [0.1, 0.15) is 23.8 Å². The molecule has 0 radical (unpaired) electrons. The lowest BCUT2D eigenvalue weighted by molar-refractivity contribution is -0.165. The molecule has 3 saturated heterocycles. The van der Waals surface area contributed by atoms with Gasteiger partial charge in [-0.3, -0.25) is 24.2 Å². The molecule has 2 N–H and O–H groups in total. The van der Waals surface area contributed by atoms with Crippen LogP contribution in [0.15, 0.2) is 36.5 Å². The van der Waals surface area contributed by atoms with Gasteiger partial charge in [-0.25, -0.2) is 0 Å². The molecule has 3 fully saturated rings. The number of nitrogens with zero attached hydrogens (tertiary/aromatic N) is 2. The number of nitrogens with one attached hydrogen (secondary N) is 2. The Labute approximate surface area is 221 Å². The number of hydrogen-bond acceptors (Lipinski definition) is 7. The molecular weight excluding hydrogens is 488 g/mol. The van der Waals surface area contributed by atoms with Gasteiger partial charge in [-0.2, -0.15) is 0 Å². The van der Waals surface area contributed by atoms with E-state index in [-0.39, 0.29) is 30.0 Å². The Morgan fingerprint density at radius 2 is 1.84 bits per heavy atom. The van der Waals surface area contributed by atoms with Crippen molar-refractivity contribution in [2.45, 2.75) is 88.7 Å². The standard InChI is InChI=1S/C28H34N4O6/c1-2-37-28-21(16-23(33)38-28)31-25(34)22-13-7-10-18-9-4-6-12-20(27(36)32(18)22)30-26(35)24-19-11-5-3-8-17(19)14-15-29-24/h3,5,8,11,14-15,18,20-22,28H,2,4,6-7,9-10,12-13,16H2,1H3,(H,30,35)(H,31,34)/t18-,20-,21?,22-,28?/m0/s1. The zero-order valence-electron chi connectivity index (χ0n) is 21.6. The van der Waals surface area contributed by atoms with E-state index in [9.17, 15) is 19.2 Å². The number of esters is 1. The lowest BCUT2D eigenvalue weighted by atomic mass is 9.88. The van der Waals surface area contributed by atoms with E-state index in [1.165, 1.54) is 0 Å². The van der Waals surface area contributed by atoms with E-state index in [0.29, 0.717) is 19.4 Å². The molecule has 0 saturated carbocycles. The van der Waals surface area contributed by atoms with Gasteiger partial charge in [0, 0.05) is 24.2 Å². The minimum atomic E-state index is -0.834. The summed E-state index contributed by atoms with van der Waals surface area (Å²) in [4.78, 5) is 58.6. The first-order chi connectivity index (χ1) is 18.5. The van der Waals surface area contributed by atoms with E-state index in [1.807, 2.05) is 30.3 Å². The number of piperidine rings is 1. The van der Waals surface area contributed by atoms with Crippen LogP contribution < -0.4 is 10.6 Å². The number of carbonyl (C=O) groups is 4. The van der Waals surface area contributed by atoms with Crippen LogP contribution in [-0.4, -0.2) is 70.6 Å². The number of aromatic nitrogens is 1. The van der Waals surface area contributed by atoms with Gasteiger partial charge in [0.05, 0.1) is 6.42 Å². The number of rotatable bonds is 6. The Bertz CT molecular complexity index is 1210. The summed E-state index contributed by atoms with van der Waals surface area (Å²) in [5, 5.41) is 7.45. The van der Waals surface area contributed by atoms with Gasteiger partial charge < -0.3 is 25.0 Å². The third-order valence-corrected chi connectivity index (χ3v) is 7.69. The predicted octanol–water partition coefficient (Wildman–Crippen LogP) is 2.45. The van der Waals surface area contributed by atoms with Crippen LogP contribution in [0.25, 0.3) is 10.8 Å². The van der Waals surface area contributed by atoms with E-state index in [1.54, 1.807) is 18.0 Å². The van der Waals surface area contributed by atoms with Crippen LogP contribution in [0.4, 0.5) is 0 Å². The molecule has 0 spiro atoms. The fourth-order valence-corrected chi connectivity index (χ4v) is 5.89. The lowest BCUT2D eigenvalue weighted by Gasteiger charge is -2.44. The third-order valence-electron chi connectivity index (χ3n) is 7.69. The summed E-state index contributed by atoms with van der Waals surface area (Å²) >= 11 is 0. The molecule has 2 aromatic rings. The van der Waals surface area contributed by atoms with E-state index in [0.717, 1.165) is 42.9 Å². The fraction of sp³-hybridized carbons (Fsp3) is 0.536. The highest BCUT2D eigenvalue weighted by Gasteiger charge is 2.44. The molecule has 202 valence electrons. The largest absolute Gasteiger partial charge is 0.433 e. The Balaban J connectivity index is 1.35. The van der Waals surface area contributed by atoms with E-state index >= 15 is 0 Å². The van der Waals surface area contributed by atoms with Crippen LogP contribution in [0, 0.1) is 0 Å². The molecular formula is C28H34N4O6. The van der Waals surface area contributed by atoms with Crippen molar-refractivity contribution in [1.82, 2.24) is 20.5 Å². The summed E-state index contributed by atoms with van der Waals surface area (Å²) < 4.78 is 10.7. The number of ether oxygens (including phenoxy) is 2. The highest BCUT2D eigenvalue weighted by molar-refractivity contribution is 6.06. The Kier molecular flexibility index (Phi) is 7.87. The first-order valence-electron chi connectivity index (χ1n) is 13.5. The molecule has 38 heavy (non-hydrogen) atoms. The van der Waals surface area contributed by atoms with Crippen molar-refractivity contribution in [1.29, 1.82) is 0 Å². The average molecular weight is 523 g/mol. The number of hydrogen-bond donors (Lipinski definition) is 2. The molecule has 3 amide bonds. The topological polar surface area (TPSA) is 127 Å². The summed E-state index contributed by atoms with van der Waals surface area (Å²) in [5.41, 5.74) is 0.273. The second kappa shape index (κ2) is 11.5. The van der Waals surface area contributed by atoms with Crippen LogP contribution in [0.5, 0.6) is 0 Å². The number of fused-ring (bicyclic) bond motifs is 2. The van der Waals surface area contributed by atoms with Crippen molar-refractivity contribution >= 4 is 34.5 Å². The highest BCUT2D eigenvalue weighted by Crippen LogP contribution is 2.31. The molecule has 3 aliphatic rings. The van der Waals surface area contributed by atoms with Gasteiger partial charge in [-0.1, -0.05) is 37.1 Å². The van der Waals surface area contributed by atoms with Crippen molar-refractivity contribution in [3.63, 3.8) is 0 Å². The maximum absolute atomic E-state index is 13.9. The first-order valence-corrected chi connectivity index (χ1v) is 13.5. The van der Waals surface area contributed by atoms with Crippen LogP contribution in [0.3, 0.4) is 0 Å². The number of benzene rings is 1. The highest BCUT2D eigenvalue weighted by atomic mass is 16.7. The fourth-order valence-electron chi connectivity index (χ4n) is 5.89. The van der Waals surface area contributed by atoms with E-state index < -0.39 is 36.3 Å². The third kappa shape index (κ3) is 5.36. The molecule has 3 aliphatic heterocycles. The van der Waals surface area contributed by atoms with Crippen LogP contribution in [0.1, 0.15) is 68.8 Å². The minimum Gasteiger partial charge on any atom is -0.433 e. The summed E-state index contributed by atoms with van der Waals surface area (Å²) in [6.45, 7) is 2.13. The quantitative estimate of drug-likeness (QED) is 0.558. The molecule has 0 bridgehead atoms. The molecule has 4 heterocycles. The Morgan fingerprint density at radius 1 is 1.05 bits per heavy atom. The van der Waals surface area contributed by atoms with Gasteiger partial charge in [-0.15, -0.1) is 0 Å². The van der Waals surface area contributed by atoms with Crippen molar-refractivity contribution in [2.75, 3.05) is 6.61 Å². The SMILES string of the molecule is CCOC1OC(=O)CC1NC(=O)[C@@H]1CCC[C@@H]2CCCC[C@H](NC(=O)c3nccc4ccccc34)C(=O)N21.